The first kappa shape index (κ1) is 27.6. The fourth-order valence-electron chi connectivity index (χ4n) is 5.31. The summed E-state index contributed by atoms with van der Waals surface area (Å²) in [6, 6.07) is 26.6. The van der Waals surface area contributed by atoms with Gasteiger partial charge in [-0.25, -0.2) is 14.8 Å². The molecule has 2 saturated heterocycles. The molecular formula is C32H25N3O8. The first-order chi connectivity index (χ1) is 20.9. The minimum Gasteiger partial charge on any atom is -0.494 e. The van der Waals surface area contributed by atoms with Crippen molar-refractivity contribution in [1.82, 2.24) is 0 Å². The van der Waals surface area contributed by atoms with E-state index in [4.69, 9.17) is 14.3 Å². The minimum atomic E-state index is -1.17. The summed E-state index contributed by atoms with van der Waals surface area (Å²) in [5, 5.41) is 12.9. The molecule has 2 aliphatic heterocycles. The van der Waals surface area contributed by atoms with E-state index in [1.807, 2.05) is 6.92 Å². The molecule has 11 nitrogen and oxygen atoms in total. The monoisotopic (exact) mass is 579 g/mol. The van der Waals surface area contributed by atoms with E-state index < -0.39 is 40.8 Å². The number of imide groups is 1. The van der Waals surface area contributed by atoms with Gasteiger partial charge in [0, 0.05) is 12.1 Å². The molecule has 4 aromatic rings. The fourth-order valence-corrected chi connectivity index (χ4v) is 5.31. The van der Waals surface area contributed by atoms with Crippen LogP contribution in [0.4, 0.5) is 17.1 Å². The molecule has 0 aliphatic carbocycles. The maximum absolute atomic E-state index is 13.9. The zero-order chi connectivity index (χ0) is 30.1. The van der Waals surface area contributed by atoms with E-state index in [1.54, 1.807) is 84.9 Å². The van der Waals surface area contributed by atoms with Crippen LogP contribution in [0.1, 0.15) is 28.9 Å². The Labute approximate surface area is 245 Å². The van der Waals surface area contributed by atoms with Crippen molar-refractivity contribution in [3.8, 4) is 11.5 Å². The molecule has 2 fully saturated rings. The standard InChI is InChI=1S/C32H25N3O8/c1-2-41-25-17-13-22(14-18-25)33-30(36)27-28(20-11-15-26(16-12-20)42-32(38)21-7-4-3-5-8-21)34(43-29(27)31(33)37)23-9-6-10-24(19-23)35(39)40/h3-19,27-29H,2H2,1H3/t27-,28-,29+/m1/s1. The van der Waals surface area contributed by atoms with Gasteiger partial charge in [0.05, 0.1) is 34.5 Å². The maximum atomic E-state index is 13.9. The number of anilines is 2. The van der Waals surface area contributed by atoms with Crippen molar-refractivity contribution in [2.24, 2.45) is 5.92 Å². The number of hydroxylamine groups is 1. The van der Waals surface area contributed by atoms with Gasteiger partial charge < -0.3 is 9.47 Å². The number of carbonyl (C=O) groups excluding carboxylic acids is 3. The quantitative estimate of drug-likeness (QED) is 0.0902. The molecular weight excluding hydrogens is 554 g/mol. The molecule has 216 valence electrons. The molecule has 11 heteroatoms. The number of rotatable bonds is 8. The third-order valence-electron chi connectivity index (χ3n) is 7.26. The lowest BCUT2D eigenvalue weighted by Crippen LogP contribution is -2.37. The zero-order valence-electron chi connectivity index (χ0n) is 22.9. The Balaban J connectivity index is 1.34. The molecule has 0 saturated carbocycles. The smallest absolute Gasteiger partial charge is 0.343 e. The molecule has 4 aromatic carbocycles. The molecule has 3 atom stereocenters. The maximum Gasteiger partial charge on any atom is 0.343 e. The van der Waals surface area contributed by atoms with E-state index in [0.29, 0.717) is 34.9 Å². The molecule has 0 aromatic heterocycles. The number of nitrogens with zero attached hydrogens (tertiary/aromatic N) is 3. The second kappa shape index (κ2) is 11.4. The van der Waals surface area contributed by atoms with Crippen molar-refractivity contribution < 1.29 is 33.6 Å². The van der Waals surface area contributed by atoms with Crippen molar-refractivity contribution in [3.05, 3.63) is 124 Å². The summed E-state index contributed by atoms with van der Waals surface area (Å²) in [6.45, 7) is 2.32. The van der Waals surface area contributed by atoms with Crippen molar-refractivity contribution in [1.29, 1.82) is 0 Å². The van der Waals surface area contributed by atoms with Crippen LogP contribution in [0.15, 0.2) is 103 Å². The Morgan fingerprint density at radius 1 is 0.860 bits per heavy atom. The average molecular weight is 580 g/mol. The van der Waals surface area contributed by atoms with Crippen LogP contribution < -0.4 is 19.4 Å². The van der Waals surface area contributed by atoms with Gasteiger partial charge in [0.25, 0.3) is 11.6 Å². The van der Waals surface area contributed by atoms with Crippen LogP contribution >= 0.6 is 0 Å². The molecule has 2 heterocycles. The molecule has 6 rings (SSSR count). The molecule has 2 aliphatic rings. The van der Waals surface area contributed by atoms with Gasteiger partial charge in [-0.15, -0.1) is 0 Å². The summed E-state index contributed by atoms with van der Waals surface area (Å²) in [7, 11) is 0. The molecule has 0 N–H and O–H groups in total. The summed E-state index contributed by atoms with van der Waals surface area (Å²) in [4.78, 5) is 58.2. The molecule has 0 bridgehead atoms. The zero-order valence-corrected chi connectivity index (χ0v) is 22.9. The number of esters is 1. The summed E-state index contributed by atoms with van der Waals surface area (Å²) >= 11 is 0. The minimum absolute atomic E-state index is 0.172. The van der Waals surface area contributed by atoms with E-state index >= 15 is 0 Å². The number of hydrogen-bond acceptors (Lipinski definition) is 9. The lowest BCUT2D eigenvalue weighted by atomic mass is 9.90. The van der Waals surface area contributed by atoms with E-state index in [2.05, 4.69) is 0 Å². The van der Waals surface area contributed by atoms with E-state index in [1.165, 1.54) is 23.3 Å². The number of nitro groups is 1. The van der Waals surface area contributed by atoms with Crippen LogP contribution in [0, 0.1) is 16.0 Å². The van der Waals surface area contributed by atoms with Crippen LogP contribution in [0.3, 0.4) is 0 Å². The van der Waals surface area contributed by atoms with Gasteiger partial charge in [0.2, 0.25) is 5.91 Å². The number of hydrogen-bond donors (Lipinski definition) is 0. The van der Waals surface area contributed by atoms with Crippen LogP contribution in [0.2, 0.25) is 0 Å². The Bertz CT molecular complexity index is 1690. The van der Waals surface area contributed by atoms with Crippen molar-refractivity contribution in [2.75, 3.05) is 16.6 Å². The highest BCUT2D eigenvalue weighted by Gasteiger charge is 2.60. The highest BCUT2D eigenvalue weighted by Crippen LogP contribution is 2.48. The summed E-state index contributed by atoms with van der Waals surface area (Å²) in [6.07, 6.45) is -1.17. The molecule has 0 spiro atoms. The SMILES string of the molecule is CCOc1ccc(N2C(=O)[C@H]3[C@H](ON(c4cccc([N+](=O)[O-])c4)[C@@H]3c3ccc(OC(=O)c4ccccc4)cc3)C2=O)cc1. The average Bonchev–Trinajstić information content (AvgIpc) is 3.54. The van der Waals surface area contributed by atoms with Crippen LogP contribution in [0.5, 0.6) is 11.5 Å². The first-order valence-electron chi connectivity index (χ1n) is 13.5. The Kier molecular flexibility index (Phi) is 7.31. The lowest BCUT2D eigenvalue weighted by Gasteiger charge is -2.28. The Hall–Kier alpha value is -5.55. The molecule has 0 radical (unpaired) electrons. The molecule has 2 amide bonds. The van der Waals surface area contributed by atoms with E-state index in [-0.39, 0.29) is 11.4 Å². The topological polar surface area (TPSA) is 129 Å². The lowest BCUT2D eigenvalue weighted by molar-refractivity contribution is -0.384. The van der Waals surface area contributed by atoms with Crippen LogP contribution in [0.25, 0.3) is 0 Å². The summed E-state index contributed by atoms with van der Waals surface area (Å²) in [5.41, 5.74) is 1.48. The van der Waals surface area contributed by atoms with Crippen molar-refractivity contribution >= 4 is 34.8 Å². The van der Waals surface area contributed by atoms with Gasteiger partial charge in [-0.1, -0.05) is 36.4 Å². The number of benzene rings is 4. The van der Waals surface area contributed by atoms with Gasteiger partial charge in [0.15, 0.2) is 6.10 Å². The van der Waals surface area contributed by atoms with Gasteiger partial charge in [-0.05, 0) is 67.1 Å². The van der Waals surface area contributed by atoms with Crippen molar-refractivity contribution in [2.45, 2.75) is 19.1 Å². The van der Waals surface area contributed by atoms with E-state index in [0.717, 1.165) is 4.90 Å². The van der Waals surface area contributed by atoms with Crippen LogP contribution in [-0.2, 0) is 14.4 Å². The predicted octanol–water partition coefficient (Wildman–Crippen LogP) is 5.26. The summed E-state index contributed by atoms with van der Waals surface area (Å²) < 4.78 is 11.0. The van der Waals surface area contributed by atoms with Gasteiger partial charge in [0.1, 0.15) is 17.4 Å². The molecule has 0 unspecified atom stereocenters. The Morgan fingerprint density at radius 2 is 1.56 bits per heavy atom. The fraction of sp³-hybridized carbons (Fsp3) is 0.156. The number of amides is 2. The highest BCUT2D eigenvalue weighted by molar-refractivity contribution is 6.24. The highest BCUT2D eigenvalue weighted by atomic mass is 16.7. The second-order valence-corrected chi connectivity index (χ2v) is 9.86. The predicted molar refractivity (Wildman–Crippen MR) is 155 cm³/mol. The van der Waals surface area contributed by atoms with Gasteiger partial charge >= 0.3 is 5.97 Å². The third-order valence-corrected chi connectivity index (χ3v) is 7.26. The Morgan fingerprint density at radius 3 is 2.23 bits per heavy atom. The third kappa shape index (κ3) is 5.17. The van der Waals surface area contributed by atoms with Crippen LogP contribution in [-0.4, -0.2) is 35.4 Å². The van der Waals surface area contributed by atoms with E-state index in [9.17, 15) is 24.5 Å². The number of non-ortho nitro benzene ring substituents is 1. The number of nitro benzene ring substituents is 1. The molecule has 43 heavy (non-hydrogen) atoms. The van der Waals surface area contributed by atoms with Crippen molar-refractivity contribution in [3.63, 3.8) is 0 Å². The largest absolute Gasteiger partial charge is 0.494 e. The number of carbonyl (C=O) groups is 3. The van der Waals surface area contributed by atoms with Gasteiger partial charge in [-0.3, -0.25) is 24.5 Å². The number of ether oxygens (including phenoxy) is 2. The second-order valence-electron chi connectivity index (χ2n) is 9.86. The first-order valence-corrected chi connectivity index (χ1v) is 13.5. The normalized spacial score (nSPS) is 19.3. The summed E-state index contributed by atoms with van der Waals surface area (Å²) in [5.74, 6) is -1.64. The van der Waals surface area contributed by atoms with Gasteiger partial charge in [-0.2, -0.15) is 0 Å². The number of fused-ring (bicyclic) bond motifs is 1.